The predicted molar refractivity (Wildman–Crippen MR) is 117 cm³/mol. The highest BCUT2D eigenvalue weighted by Gasteiger charge is 2.19. The molecule has 0 saturated carbocycles. The average molecular weight is 453 g/mol. The van der Waals surface area contributed by atoms with Gasteiger partial charge in [-0.05, 0) is 31.2 Å². The van der Waals surface area contributed by atoms with Crippen LogP contribution >= 0.6 is 34.4 Å². The van der Waals surface area contributed by atoms with Crippen molar-refractivity contribution in [3.8, 4) is 0 Å². The van der Waals surface area contributed by atoms with Crippen molar-refractivity contribution in [3.63, 3.8) is 0 Å². The highest BCUT2D eigenvalue weighted by atomic mass is 32.2. The van der Waals surface area contributed by atoms with Gasteiger partial charge >= 0.3 is 0 Å². The zero-order chi connectivity index (χ0) is 20.2. The van der Waals surface area contributed by atoms with Crippen LogP contribution in [0.2, 0.25) is 0 Å². The van der Waals surface area contributed by atoms with Crippen molar-refractivity contribution in [2.24, 2.45) is 0 Å². The minimum Gasteiger partial charge on any atom is -0.383 e. The molecule has 0 spiro atoms. The standard InChI is InChI=1S/C18H24N6O2S3/c1-11-12(2)27-15-14(11)16(21-13(20-15)10-24-5-8-26-9-6-24)28-18-23-22-17(29-18)19-4-7-25-3/h4-10H2,1-3H3,(H,19,22). The van der Waals surface area contributed by atoms with Crippen LogP contribution in [-0.2, 0) is 16.0 Å². The predicted octanol–water partition coefficient (Wildman–Crippen LogP) is 3.20. The van der Waals surface area contributed by atoms with Crippen molar-refractivity contribution in [1.29, 1.82) is 0 Å². The molecule has 1 fully saturated rings. The van der Waals surface area contributed by atoms with E-state index in [2.05, 4.69) is 34.3 Å². The molecule has 0 amide bonds. The van der Waals surface area contributed by atoms with Gasteiger partial charge in [-0.25, -0.2) is 9.97 Å². The van der Waals surface area contributed by atoms with Crippen molar-refractivity contribution in [3.05, 3.63) is 16.3 Å². The normalized spacial score (nSPS) is 15.3. The molecule has 3 aromatic heterocycles. The van der Waals surface area contributed by atoms with Gasteiger partial charge in [0, 0.05) is 37.0 Å². The monoisotopic (exact) mass is 452 g/mol. The van der Waals surface area contributed by atoms with E-state index in [1.165, 1.54) is 21.8 Å². The Balaban J connectivity index is 1.59. The largest absolute Gasteiger partial charge is 0.383 e. The van der Waals surface area contributed by atoms with Gasteiger partial charge in [0.25, 0.3) is 0 Å². The molecule has 8 nitrogen and oxygen atoms in total. The lowest BCUT2D eigenvalue weighted by Crippen LogP contribution is -2.36. The van der Waals surface area contributed by atoms with Gasteiger partial charge in [0.2, 0.25) is 5.13 Å². The lowest BCUT2D eigenvalue weighted by atomic mass is 10.2. The molecule has 0 radical (unpaired) electrons. The van der Waals surface area contributed by atoms with Crippen LogP contribution < -0.4 is 5.32 Å². The van der Waals surface area contributed by atoms with Gasteiger partial charge in [-0.3, -0.25) is 4.90 Å². The summed E-state index contributed by atoms with van der Waals surface area (Å²) in [5.41, 5.74) is 1.24. The van der Waals surface area contributed by atoms with Crippen LogP contribution in [0.5, 0.6) is 0 Å². The number of thiophene rings is 1. The highest BCUT2D eigenvalue weighted by molar-refractivity contribution is 8.01. The molecule has 1 aliphatic rings. The number of fused-ring (bicyclic) bond motifs is 1. The maximum atomic E-state index is 5.45. The van der Waals surface area contributed by atoms with E-state index >= 15 is 0 Å². The first kappa shape index (κ1) is 20.9. The summed E-state index contributed by atoms with van der Waals surface area (Å²) >= 11 is 4.83. The Morgan fingerprint density at radius 1 is 1.17 bits per heavy atom. The number of methoxy groups -OCH3 is 1. The number of anilines is 1. The van der Waals surface area contributed by atoms with Crippen LogP contribution in [0.1, 0.15) is 16.3 Å². The third-order valence-electron chi connectivity index (χ3n) is 4.68. The second-order valence-corrected chi connectivity index (χ2v) is 10.1. The minimum atomic E-state index is 0.632. The molecule has 1 N–H and O–H groups in total. The number of rotatable bonds is 8. The van der Waals surface area contributed by atoms with Gasteiger partial charge in [0.05, 0.1) is 26.4 Å². The van der Waals surface area contributed by atoms with Crippen molar-refractivity contribution in [1.82, 2.24) is 25.1 Å². The number of aryl methyl sites for hydroxylation is 2. The second kappa shape index (κ2) is 9.63. The van der Waals surface area contributed by atoms with Gasteiger partial charge in [-0.2, -0.15) is 0 Å². The molecule has 4 rings (SSSR count). The fourth-order valence-electron chi connectivity index (χ4n) is 3.02. The average Bonchev–Trinajstić information content (AvgIpc) is 3.27. The Bertz CT molecular complexity index is 970. The van der Waals surface area contributed by atoms with Crippen LogP contribution in [0, 0.1) is 13.8 Å². The van der Waals surface area contributed by atoms with Crippen molar-refractivity contribution < 1.29 is 9.47 Å². The summed E-state index contributed by atoms with van der Waals surface area (Å²) in [5, 5.41) is 14.7. The Labute approximate surface area is 182 Å². The first-order chi connectivity index (χ1) is 14.1. The number of nitrogens with one attached hydrogen (secondary N) is 1. The Morgan fingerprint density at radius 3 is 2.79 bits per heavy atom. The smallest absolute Gasteiger partial charge is 0.206 e. The van der Waals surface area contributed by atoms with E-state index in [9.17, 15) is 0 Å². The van der Waals surface area contributed by atoms with Crippen molar-refractivity contribution in [2.45, 2.75) is 29.8 Å². The zero-order valence-corrected chi connectivity index (χ0v) is 19.2. The molecule has 1 saturated heterocycles. The number of nitrogens with zero attached hydrogens (tertiary/aromatic N) is 5. The number of ether oxygens (including phenoxy) is 2. The van der Waals surface area contributed by atoms with Crippen LogP contribution in [0.25, 0.3) is 10.2 Å². The highest BCUT2D eigenvalue weighted by Crippen LogP contribution is 2.39. The molecule has 4 heterocycles. The van der Waals surface area contributed by atoms with Gasteiger partial charge < -0.3 is 14.8 Å². The van der Waals surface area contributed by atoms with E-state index in [1.54, 1.807) is 30.2 Å². The van der Waals surface area contributed by atoms with Gasteiger partial charge in [-0.15, -0.1) is 21.5 Å². The number of morpholine rings is 1. The summed E-state index contributed by atoms with van der Waals surface area (Å²) in [6.45, 7) is 9.73. The van der Waals surface area contributed by atoms with Crippen LogP contribution in [-0.4, -0.2) is 71.6 Å². The molecule has 29 heavy (non-hydrogen) atoms. The third kappa shape index (κ3) is 5.04. The Kier molecular flexibility index (Phi) is 6.93. The Hall–Kier alpha value is -1.37. The van der Waals surface area contributed by atoms with E-state index in [0.29, 0.717) is 13.2 Å². The number of aromatic nitrogens is 4. The first-order valence-electron chi connectivity index (χ1n) is 9.45. The molecule has 0 aliphatic carbocycles. The summed E-state index contributed by atoms with van der Waals surface area (Å²) in [6, 6.07) is 0. The Morgan fingerprint density at radius 2 is 2.00 bits per heavy atom. The fraction of sp³-hybridized carbons (Fsp3) is 0.556. The summed E-state index contributed by atoms with van der Waals surface area (Å²) in [6.07, 6.45) is 0. The van der Waals surface area contributed by atoms with Crippen LogP contribution in [0.3, 0.4) is 0 Å². The molecule has 1 aliphatic heterocycles. The van der Waals surface area contributed by atoms with Gasteiger partial charge in [0.1, 0.15) is 15.7 Å². The van der Waals surface area contributed by atoms with E-state index in [-0.39, 0.29) is 0 Å². The zero-order valence-electron chi connectivity index (χ0n) is 16.7. The van der Waals surface area contributed by atoms with Crippen LogP contribution in [0.4, 0.5) is 5.13 Å². The topological polar surface area (TPSA) is 85.3 Å². The molecule has 0 aromatic carbocycles. The van der Waals surface area contributed by atoms with Gasteiger partial charge in [-0.1, -0.05) is 11.3 Å². The molecule has 0 bridgehead atoms. The maximum absolute atomic E-state index is 5.45. The third-order valence-corrected chi connectivity index (χ3v) is 7.71. The molecular weight excluding hydrogens is 428 g/mol. The minimum absolute atomic E-state index is 0.632. The lowest BCUT2D eigenvalue weighted by Gasteiger charge is -2.25. The second-order valence-electron chi connectivity index (χ2n) is 6.69. The van der Waals surface area contributed by atoms with Crippen LogP contribution in [0.15, 0.2) is 9.37 Å². The van der Waals surface area contributed by atoms with Crippen molar-refractivity contribution in [2.75, 3.05) is 51.9 Å². The first-order valence-corrected chi connectivity index (χ1v) is 11.9. The number of hydrogen-bond donors (Lipinski definition) is 1. The van der Waals surface area contributed by atoms with Gasteiger partial charge in [0.15, 0.2) is 4.34 Å². The maximum Gasteiger partial charge on any atom is 0.206 e. The lowest BCUT2D eigenvalue weighted by molar-refractivity contribution is 0.0330. The quantitative estimate of drug-likeness (QED) is 0.409. The van der Waals surface area contributed by atoms with E-state index < -0.39 is 0 Å². The van der Waals surface area contributed by atoms with Crippen molar-refractivity contribution >= 4 is 49.8 Å². The molecular formula is C18H24N6O2S3. The summed E-state index contributed by atoms with van der Waals surface area (Å²) < 4.78 is 11.4. The molecule has 3 aromatic rings. The SMILES string of the molecule is COCCNc1nnc(Sc2nc(CN3CCOCC3)nc3sc(C)c(C)c23)s1. The summed E-state index contributed by atoms with van der Waals surface area (Å²) in [7, 11) is 1.68. The summed E-state index contributed by atoms with van der Waals surface area (Å²) in [4.78, 5) is 14.4. The molecule has 0 unspecified atom stereocenters. The fourth-order valence-corrected chi connectivity index (χ4v) is 6.03. The molecule has 156 valence electrons. The van der Waals surface area contributed by atoms with E-state index in [1.807, 2.05) is 0 Å². The molecule has 0 atom stereocenters. The summed E-state index contributed by atoms with van der Waals surface area (Å²) in [5.74, 6) is 0.853. The van der Waals surface area contributed by atoms with E-state index in [4.69, 9.17) is 19.4 Å². The van der Waals surface area contributed by atoms with E-state index in [0.717, 1.165) is 63.4 Å². The number of hydrogen-bond acceptors (Lipinski definition) is 11. The molecule has 11 heteroatoms.